The molecule has 1 aliphatic carbocycles. The summed E-state index contributed by atoms with van der Waals surface area (Å²) in [4.78, 5) is 24.6. The minimum absolute atomic E-state index is 0.157. The first-order valence-corrected chi connectivity index (χ1v) is 6.99. The molecule has 2 amide bonds. The molecule has 1 saturated carbocycles. The molecule has 0 aromatic rings. The highest BCUT2D eigenvalue weighted by molar-refractivity contribution is 5.85. The normalized spacial score (nSPS) is 27.1. The molecule has 110 valence electrons. The van der Waals surface area contributed by atoms with Crippen molar-refractivity contribution in [1.82, 2.24) is 10.2 Å². The fourth-order valence-electron chi connectivity index (χ4n) is 2.68. The molecule has 1 aliphatic rings. The van der Waals surface area contributed by atoms with Crippen LogP contribution in [0.3, 0.4) is 0 Å². The molecule has 5 heteroatoms. The Labute approximate surface area is 115 Å². The lowest BCUT2D eigenvalue weighted by Crippen LogP contribution is -2.56. The standard InChI is InChI=1S/C14H26N2O3/c1-6-10-7-8-11(9(10)2)15-13(19)16(5)14(3,4)12(17)18/h9-11H,6-8H2,1-5H3,(H,15,19)(H,17,18). The Morgan fingerprint density at radius 1 is 1.37 bits per heavy atom. The van der Waals surface area contributed by atoms with E-state index in [1.165, 1.54) is 25.8 Å². The third-order valence-corrected chi connectivity index (χ3v) is 4.73. The molecule has 0 aromatic carbocycles. The molecule has 5 nitrogen and oxygen atoms in total. The Balaban J connectivity index is 2.63. The number of hydrogen-bond acceptors (Lipinski definition) is 2. The van der Waals surface area contributed by atoms with Crippen molar-refractivity contribution >= 4 is 12.0 Å². The van der Waals surface area contributed by atoms with Gasteiger partial charge in [-0.05, 0) is 38.5 Å². The van der Waals surface area contributed by atoms with Crippen LogP contribution in [0.5, 0.6) is 0 Å². The van der Waals surface area contributed by atoms with Crippen LogP contribution in [0.15, 0.2) is 0 Å². The zero-order valence-electron chi connectivity index (χ0n) is 12.6. The summed E-state index contributed by atoms with van der Waals surface area (Å²) in [7, 11) is 1.53. The molecule has 1 fully saturated rings. The van der Waals surface area contributed by atoms with Crippen LogP contribution in [0, 0.1) is 11.8 Å². The van der Waals surface area contributed by atoms with Crippen molar-refractivity contribution in [3.63, 3.8) is 0 Å². The van der Waals surface area contributed by atoms with Gasteiger partial charge in [0.05, 0.1) is 0 Å². The van der Waals surface area contributed by atoms with E-state index in [0.29, 0.717) is 11.8 Å². The minimum atomic E-state index is -1.20. The number of likely N-dealkylation sites (N-methyl/N-ethyl adjacent to an activating group) is 1. The van der Waals surface area contributed by atoms with Gasteiger partial charge in [-0.25, -0.2) is 9.59 Å². The number of aliphatic carboxylic acids is 1. The SMILES string of the molecule is CCC1CCC(NC(=O)N(C)C(C)(C)C(=O)O)C1C. The molecule has 0 aliphatic heterocycles. The fourth-order valence-corrected chi connectivity index (χ4v) is 2.68. The minimum Gasteiger partial charge on any atom is -0.480 e. The highest BCUT2D eigenvalue weighted by atomic mass is 16.4. The first kappa shape index (κ1) is 15.8. The molecule has 0 heterocycles. The van der Waals surface area contributed by atoms with E-state index < -0.39 is 11.5 Å². The van der Waals surface area contributed by atoms with Crippen molar-refractivity contribution in [2.24, 2.45) is 11.8 Å². The second kappa shape index (κ2) is 5.80. The molecular formula is C14H26N2O3. The smallest absolute Gasteiger partial charge is 0.329 e. The van der Waals surface area contributed by atoms with Crippen LogP contribution in [0.2, 0.25) is 0 Å². The summed E-state index contributed by atoms with van der Waals surface area (Å²) in [5, 5.41) is 12.1. The Morgan fingerprint density at radius 3 is 2.37 bits per heavy atom. The van der Waals surface area contributed by atoms with Crippen molar-refractivity contribution in [3.05, 3.63) is 0 Å². The van der Waals surface area contributed by atoms with Crippen LogP contribution in [0.25, 0.3) is 0 Å². The molecule has 0 bridgehead atoms. The van der Waals surface area contributed by atoms with Gasteiger partial charge < -0.3 is 15.3 Å². The van der Waals surface area contributed by atoms with E-state index in [1.807, 2.05) is 0 Å². The van der Waals surface area contributed by atoms with Crippen LogP contribution in [-0.4, -0.2) is 40.6 Å². The van der Waals surface area contributed by atoms with Crippen molar-refractivity contribution in [2.75, 3.05) is 7.05 Å². The van der Waals surface area contributed by atoms with Crippen LogP contribution in [0.4, 0.5) is 4.79 Å². The number of nitrogens with one attached hydrogen (secondary N) is 1. The van der Waals surface area contributed by atoms with Gasteiger partial charge in [-0.15, -0.1) is 0 Å². The topological polar surface area (TPSA) is 69.6 Å². The van der Waals surface area contributed by atoms with Crippen molar-refractivity contribution in [1.29, 1.82) is 0 Å². The van der Waals surface area contributed by atoms with Crippen molar-refractivity contribution in [3.8, 4) is 0 Å². The van der Waals surface area contributed by atoms with Crippen molar-refractivity contribution < 1.29 is 14.7 Å². The lowest BCUT2D eigenvalue weighted by Gasteiger charge is -2.33. The van der Waals surface area contributed by atoms with Gasteiger partial charge in [0.1, 0.15) is 5.54 Å². The van der Waals surface area contributed by atoms with E-state index in [1.54, 1.807) is 0 Å². The van der Waals surface area contributed by atoms with E-state index in [4.69, 9.17) is 5.11 Å². The summed E-state index contributed by atoms with van der Waals surface area (Å²) in [6.07, 6.45) is 3.24. The van der Waals surface area contributed by atoms with Gasteiger partial charge >= 0.3 is 12.0 Å². The zero-order valence-corrected chi connectivity index (χ0v) is 12.6. The maximum atomic E-state index is 12.1. The molecule has 0 spiro atoms. The lowest BCUT2D eigenvalue weighted by atomic mass is 9.93. The van der Waals surface area contributed by atoms with Gasteiger partial charge in [0.25, 0.3) is 0 Å². The van der Waals surface area contributed by atoms with Crippen LogP contribution in [0.1, 0.15) is 47.0 Å². The number of rotatable bonds is 4. The van der Waals surface area contributed by atoms with Gasteiger partial charge in [-0.2, -0.15) is 0 Å². The molecule has 19 heavy (non-hydrogen) atoms. The number of carboxylic acids is 1. The zero-order chi connectivity index (χ0) is 14.8. The van der Waals surface area contributed by atoms with E-state index in [2.05, 4.69) is 19.2 Å². The predicted octanol–water partition coefficient (Wildman–Crippen LogP) is 2.32. The van der Waals surface area contributed by atoms with Crippen molar-refractivity contribution in [2.45, 2.75) is 58.5 Å². The van der Waals surface area contributed by atoms with Crippen LogP contribution < -0.4 is 5.32 Å². The second-order valence-corrected chi connectivity index (χ2v) is 6.08. The van der Waals surface area contributed by atoms with E-state index in [0.717, 1.165) is 19.3 Å². The summed E-state index contributed by atoms with van der Waals surface area (Å²) in [5.41, 5.74) is -1.20. The number of carboxylic acid groups (broad SMARTS) is 1. The van der Waals surface area contributed by atoms with Gasteiger partial charge in [0.15, 0.2) is 0 Å². The van der Waals surface area contributed by atoms with E-state index in [-0.39, 0.29) is 12.1 Å². The molecule has 1 rings (SSSR count). The van der Waals surface area contributed by atoms with Crippen LogP contribution >= 0.6 is 0 Å². The average molecular weight is 270 g/mol. The molecule has 3 unspecified atom stereocenters. The van der Waals surface area contributed by atoms with E-state index in [9.17, 15) is 9.59 Å². The molecule has 0 saturated heterocycles. The monoisotopic (exact) mass is 270 g/mol. The fraction of sp³-hybridized carbons (Fsp3) is 0.857. The van der Waals surface area contributed by atoms with Gasteiger partial charge in [-0.3, -0.25) is 0 Å². The number of hydrogen-bond donors (Lipinski definition) is 2. The molecular weight excluding hydrogens is 244 g/mol. The third-order valence-electron chi connectivity index (χ3n) is 4.73. The maximum Gasteiger partial charge on any atom is 0.329 e. The van der Waals surface area contributed by atoms with Gasteiger partial charge in [0, 0.05) is 13.1 Å². The first-order valence-electron chi connectivity index (χ1n) is 6.99. The summed E-state index contributed by atoms with van der Waals surface area (Å²) >= 11 is 0. The van der Waals surface area contributed by atoms with Gasteiger partial charge in [0.2, 0.25) is 0 Å². The maximum absolute atomic E-state index is 12.1. The molecule has 2 N–H and O–H groups in total. The lowest BCUT2D eigenvalue weighted by molar-refractivity contribution is -0.146. The van der Waals surface area contributed by atoms with Crippen LogP contribution in [-0.2, 0) is 4.79 Å². The molecule has 3 atom stereocenters. The first-order chi connectivity index (χ1) is 8.71. The number of carbonyl (C=O) groups excluding carboxylic acids is 1. The Morgan fingerprint density at radius 2 is 1.95 bits per heavy atom. The Kier molecular flexibility index (Phi) is 4.82. The Hall–Kier alpha value is -1.26. The molecule has 0 radical (unpaired) electrons. The largest absolute Gasteiger partial charge is 0.480 e. The predicted molar refractivity (Wildman–Crippen MR) is 74.0 cm³/mol. The number of urea groups is 1. The quantitative estimate of drug-likeness (QED) is 0.823. The second-order valence-electron chi connectivity index (χ2n) is 6.08. The highest BCUT2D eigenvalue weighted by Gasteiger charge is 2.38. The van der Waals surface area contributed by atoms with E-state index >= 15 is 0 Å². The summed E-state index contributed by atoms with van der Waals surface area (Å²) in [6.45, 7) is 7.39. The highest BCUT2D eigenvalue weighted by Crippen LogP contribution is 2.34. The summed E-state index contributed by atoms with van der Waals surface area (Å²) < 4.78 is 0. The summed E-state index contributed by atoms with van der Waals surface area (Å²) in [6, 6.07) is -0.148. The Bertz CT molecular complexity index is 355. The molecule has 0 aromatic heterocycles. The van der Waals surface area contributed by atoms with Gasteiger partial charge in [-0.1, -0.05) is 20.3 Å². The summed E-state index contributed by atoms with van der Waals surface area (Å²) in [5.74, 6) is 0.106. The number of amides is 2. The average Bonchev–Trinajstić information content (AvgIpc) is 2.69. The number of nitrogens with zero attached hydrogens (tertiary/aromatic N) is 1. The third kappa shape index (κ3) is 3.19. The number of carbonyl (C=O) groups is 2.